The number of halogens is 5. The number of alkyl halides is 3. The minimum atomic E-state index is -4.66. The Bertz CT molecular complexity index is 775. The van der Waals surface area contributed by atoms with Crippen molar-refractivity contribution in [3.63, 3.8) is 0 Å². The molecule has 0 saturated carbocycles. The number of nitrogens with zero attached hydrogens (tertiary/aromatic N) is 1. The third-order valence-corrected chi connectivity index (χ3v) is 3.74. The summed E-state index contributed by atoms with van der Waals surface area (Å²) < 4.78 is 53.9. The molecule has 128 valence electrons. The van der Waals surface area contributed by atoms with Crippen LogP contribution in [-0.4, -0.2) is 20.0 Å². The highest BCUT2D eigenvalue weighted by Gasteiger charge is 2.34. The second kappa shape index (κ2) is 6.80. The van der Waals surface area contributed by atoms with Gasteiger partial charge in [0.2, 0.25) is 0 Å². The first-order valence-electron chi connectivity index (χ1n) is 6.74. The standard InChI is InChI=1S/C16H13BrF4N2O/c1-23(2)10-4-6-14(12(8-10)16(19,20)21)22-15(24)11-7-9(17)3-5-13(11)18/h3-8H,1-2H3,(H,22,24). The molecule has 0 spiro atoms. The van der Waals surface area contributed by atoms with Gasteiger partial charge in [-0.25, -0.2) is 4.39 Å². The molecule has 0 saturated heterocycles. The van der Waals surface area contributed by atoms with E-state index in [0.717, 1.165) is 18.2 Å². The summed E-state index contributed by atoms with van der Waals surface area (Å²) in [4.78, 5) is 13.6. The van der Waals surface area contributed by atoms with Crippen molar-refractivity contribution in [3.05, 3.63) is 57.8 Å². The highest BCUT2D eigenvalue weighted by atomic mass is 79.9. The van der Waals surface area contributed by atoms with Crippen LogP contribution >= 0.6 is 15.9 Å². The summed E-state index contributed by atoms with van der Waals surface area (Å²) in [6.07, 6.45) is -4.66. The first-order valence-corrected chi connectivity index (χ1v) is 7.54. The minimum absolute atomic E-state index is 0.328. The molecule has 0 aliphatic rings. The lowest BCUT2D eigenvalue weighted by atomic mass is 10.1. The highest BCUT2D eigenvalue weighted by molar-refractivity contribution is 9.10. The van der Waals surface area contributed by atoms with Crippen molar-refractivity contribution in [1.82, 2.24) is 0 Å². The fourth-order valence-electron chi connectivity index (χ4n) is 2.02. The molecule has 0 bridgehead atoms. The molecule has 0 aromatic heterocycles. The molecule has 3 nitrogen and oxygen atoms in total. The van der Waals surface area contributed by atoms with Crippen molar-refractivity contribution < 1.29 is 22.4 Å². The zero-order chi connectivity index (χ0) is 18.1. The number of hydrogen-bond acceptors (Lipinski definition) is 2. The van der Waals surface area contributed by atoms with E-state index in [9.17, 15) is 22.4 Å². The molecule has 0 unspecified atom stereocenters. The van der Waals surface area contributed by atoms with Gasteiger partial charge in [0.05, 0.1) is 16.8 Å². The van der Waals surface area contributed by atoms with E-state index in [-0.39, 0.29) is 5.56 Å². The normalized spacial score (nSPS) is 11.3. The average molecular weight is 405 g/mol. The summed E-state index contributed by atoms with van der Waals surface area (Å²) in [5.41, 5.74) is -1.46. The molecule has 1 N–H and O–H groups in total. The topological polar surface area (TPSA) is 32.3 Å². The van der Waals surface area contributed by atoms with Gasteiger partial charge in [-0.3, -0.25) is 4.79 Å². The summed E-state index contributed by atoms with van der Waals surface area (Å²) in [5.74, 6) is -1.79. The van der Waals surface area contributed by atoms with Crippen LogP contribution in [0, 0.1) is 5.82 Å². The summed E-state index contributed by atoms with van der Waals surface area (Å²) >= 11 is 3.09. The van der Waals surface area contributed by atoms with Gasteiger partial charge in [-0.05, 0) is 36.4 Å². The molecule has 2 aromatic rings. The predicted molar refractivity (Wildman–Crippen MR) is 87.8 cm³/mol. The summed E-state index contributed by atoms with van der Waals surface area (Å²) in [6, 6.07) is 7.14. The summed E-state index contributed by atoms with van der Waals surface area (Å²) in [5, 5.41) is 2.13. The Morgan fingerprint density at radius 1 is 1.12 bits per heavy atom. The van der Waals surface area contributed by atoms with E-state index in [1.807, 2.05) is 0 Å². The molecular weight excluding hydrogens is 392 g/mol. The molecule has 0 fully saturated rings. The van der Waals surface area contributed by atoms with Gasteiger partial charge in [0.15, 0.2) is 0 Å². The monoisotopic (exact) mass is 404 g/mol. The van der Waals surface area contributed by atoms with E-state index >= 15 is 0 Å². The molecule has 0 aliphatic carbocycles. The molecule has 2 aromatic carbocycles. The SMILES string of the molecule is CN(C)c1ccc(NC(=O)c2cc(Br)ccc2F)c(C(F)(F)F)c1. The minimum Gasteiger partial charge on any atom is -0.378 e. The van der Waals surface area contributed by atoms with Crippen molar-refractivity contribution >= 4 is 33.2 Å². The van der Waals surface area contributed by atoms with Crippen molar-refractivity contribution in [2.75, 3.05) is 24.3 Å². The molecule has 1 amide bonds. The van der Waals surface area contributed by atoms with Gasteiger partial charge in [-0.15, -0.1) is 0 Å². The third-order valence-electron chi connectivity index (χ3n) is 3.25. The quantitative estimate of drug-likeness (QED) is 0.735. The molecule has 2 rings (SSSR count). The smallest absolute Gasteiger partial charge is 0.378 e. The highest BCUT2D eigenvalue weighted by Crippen LogP contribution is 2.37. The van der Waals surface area contributed by atoms with Crippen molar-refractivity contribution in [2.24, 2.45) is 0 Å². The molecular formula is C16H13BrF4N2O. The molecule has 8 heteroatoms. The fraction of sp³-hybridized carbons (Fsp3) is 0.188. The Kier molecular flexibility index (Phi) is 5.17. The van der Waals surface area contributed by atoms with E-state index in [0.29, 0.717) is 10.2 Å². The number of rotatable bonds is 3. The average Bonchev–Trinajstić information content (AvgIpc) is 2.48. The fourth-order valence-corrected chi connectivity index (χ4v) is 2.38. The lowest BCUT2D eigenvalue weighted by molar-refractivity contribution is -0.136. The predicted octanol–water partition coefficient (Wildman–Crippen LogP) is 4.93. The van der Waals surface area contributed by atoms with Crippen LogP contribution in [0.2, 0.25) is 0 Å². The van der Waals surface area contributed by atoms with Crippen LogP contribution in [0.5, 0.6) is 0 Å². The van der Waals surface area contributed by atoms with Crippen LogP contribution < -0.4 is 10.2 Å². The second-order valence-electron chi connectivity index (χ2n) is 5.20. The number of anilines is 2. The summed E-state index contributed by atoms with van der Waals surface area (Å²) in [7, 11) is 3.20. The maximum Gasteiger partial charge on any atom is 0.418 e. The van der Waals surface area contributed by atoms with Gasteiger partial charge < -0.3 is 10.2 Å². The molecule has 24 heavy (non-hydrogen) atoms. The summed E-state index contributed by atoms with van der Waals surface area (Å²) in [6.45, 7) is 0. The molecule has 0 aliphatic heterocycles. The Morgan fingerprint density at radius 2 is 1.79 bits per heavy atom. The second-order valence-corrected chi connectivity index (χ2v) is 6.12. The number of carbonyl (C=O) groups excluding carboxylic acids is 1. The van der Waals surface area contributed by atoms with E-state index in [1.54, 1.807) is 14.1 Å². The number of hydrogen-bond donors (Lipinski definition) is 1. The van der Waals surface area contributed by atoms with E-state index in [4.69, 9.17) is 0 Å². The Morgan fingerprint density at radius 3 is 2.38 bits per heavy atom. The van der Waals surface area contributed by atoms with Gasteiger partial charge in [-0.1, -0.05) is 15.9 Å². The lowest BCUT2D eigenvalue weighted by Crippen LogP contribution is -2.19. The maximum atomic E-state index is 13.7. The van der Waals surface area contributed by atoms with Gasteiger partial charge in [-0.2, -0.15) is 13.2 Å². The Labute approximate surface area is 144 Å². The van der Waals surface area contributed by atoms with E-state index in [1.165, 1.54) is 23.1 Å². The maximum absolute atomic E-state index is 13.7. The third kappa shape index (κ3) is 4.05. The Balaban J connectivity index is 2.42. The van der Waals surface area contributed by atoms with Crippen molar-refractivity contribution in [3.8, 4) is 0 Å². The number of carbonyl (C=O) groups is 1. The largest absolute Gasteiger partial charge is 0.418 e. The van der Waals surface area contributed by atoms with Crippen LogP contribution in [0.1, 0.15) is 15.9 Å². The van der Waals surface area contributed by atoms with Crippen molar-refractivity contribution in [2.45, 2.75) is 6.18 Å². The zero-order valence-corrected chi connectivity index (χ0v) is 14.3. The van der Waals surface area contributed by atoms with Crippen LogP contribution in [0.4, 0.5) is 28.9 Å². The van der Waals surface area contributed by atoms with Crippen LogP contribution in [0.25, 0.3) is 0 Å². The van der Waals surface area contributed by atoms with Crippen LogP contribution in [0.15, 0.2) is 40.9 Å². The van der Waals surface area contributed by atoms with Crippen LogP contribution in [-0.2, 0) is 6.18 Å². The van der Waals surface area contributed by atoms with Crippen LogP contribution in [0.3, 0.4) is 0 Å². The number of benzene rings is 2. The number of amides is 1. The molecule has 0 heterocycles. The van der Waals surface area contributed by atoms with E-state index in [2.05, 4.69) is 21.2 Å². The zero-order valence-electron chi connectivity index (χ0n) is 12.7. The molecule has 0 atom stereocenters. The van der Waals surface area contributed by atoms with Gasteiger partial charge >= 0.3 is 6.18 Å². The van der Waals surface area contributed by atoms with Crippen molar-refractivity contribution in [1.29, 1.82) is 0 Å². The first-order chi connectivity index (χ1) is 11.1. The van der Waals surface area contributed by atoms with E-state index < -0.39 is 29.2 Å². The lowest BCUT2D eigenvalue weighted by Gasteiger charge is -2.19. The Hall–Kier alpha value is -2.09. The first kappa shape index (κ1) is 18.3. The van der Waals surface area contributed by atoms with Gasteiger partial charge in [0.25, 0.3) is 5.91 Å². The number of nitrogens with one attached hydrogen (secondary N) is 1. The molecule has 0 radical (unpaired) electrons. The van der Waals surface area contributed by atoms with Gasteiger partial charge in [0, 0.05) is 24.3 Å². The van der Waals surface area contributed by atoms with Gasteiger partial charge in [0.1, 0.15) is 5.82 Å².